The number of benzene rings is 2. The van der Waals surface area contributed by atoms with E-state index >= 15 is 0 Å². The third kappa shape index (κ3) is 1.99. The van der Waals surface area contributed by atoms with Gasteiger partial charge in [0.25, 0.3) is 0 Å². The number of anilines is 1. The molecule has 19 heavy (non-hydrogen) atoms. The Morgan fingerprint density at radius 3 is 2.53 bits per heavy atom. The molecule has 2 aromatic rings. The van der Waals surface area contributed by atoms with Crippen LogP contribution in [0.1, 0.15) is 28.3 Å². The molecule has 1 N–H and O–H groups in total. The molecule has 0 amide bonds. The molecule has 0 saturated heterocycles. The second kappa shape index (κ2) is 4.34. The molecule has 0 aliphatic carbocycles. The average Bonchev–Trinajstić information content (AvgIpc) is 2.83. The van der Waals surface area contributed by atoms with Gasteiger partial charge in [0.05, 0.1) is 6.04 Å². The van der Waals surface area contributed by atoms with Gasteiger partial charge < -0.3 is 5.32 Å². The quantitative estimate of drug-likeness (QED) is 0.805. The fourth-order valence-corrected chi connectivity index (χ4v) is 2.73. The van der Waals surface area contributed by atoms with Gasteiger partial charge >= 0.3 is 0 Å². The lowest BCUT2D eigenvalue weighted by Gasteiger charge is -2.13. The van der Waals surface area contributed by atoms with E-state index in [1.807, 2.05) is 19.9 Å². The lowest BCUT2D eigenvalue weighted by Crippen LogP contribution is -2.08. The van der Waals surface area contributed by atoms with E-state index in [1.54, 1.807) is 0 Å². The predicted molar refractivity (Wildman–Crippen MR) is 72.3 cm³/mol. The van der Waals surface area contributed by atoms with Gasteiger partial charge in [-0.3, -0.25) is 0 Å². The molecule has 1 nitrogen and oxygen atoms in total. The molecular formula is C16H15F2N. The minimum Gasteiger partial charge on any atom is -0.377 e. The normalized spacial score (nSPS) is 17.2. The van der Waals surface area contributed by atoms with Crippen molar-refractivity contribution in [3.63, 3.8) is 0 Å². The Morgan fingerprint density at radius 2 is 1.79 bits per heavy atom. The van der Waals surface area contributed by atoms with Crippen molar-refractivity contribution >= 4 is 5.69 Å². The first-order valence-corrected chi connectivity index (χ1v) is 6.37. The molecule has 1 aliphatic rings. The van der Waals surface area contributed by atoms with Gasteiger partial charge in [-0.05, 0) is 55.2 Å². The van der Waals surface area contributed by atoms with Crippen molar-refractivity contribution in [2.24, 2.45) is 0 Å². The molecule has 0 spiro atoms. The minimum absolute atomic E-state index is 0.189. The number of rotatable bonds is 1. The maximum Gasteiger partial charge on any atom is 0.128 e. The number of nitrogens with one attached hydrogen (secondary N) is 1. The monoisotopic (exact) mass is 259 g/mol. The molecule has 0 aromatic heterocycles. The highest BCUT2D eigenvalue weighted by Crippen LogP contribution is 2.38. The molecule has 2 aromatic carbocycles. The van der Waals surface area contributed by atoms with E-state index in [9.17, 15) is 8.78 Å². The highest BCUT2D eigenvalue weighted by Gasteiger charge is 2.26. The minimum atomic E-state index is -0.400. The van der Waals surface area contributed by atoms with Gasteiger partial charge in [-0.2, -0.15) is 0 Å². The van der Waals surface area contributed by atoms with E-state index in [0.717, 1.165) is 17.3 Å². The fraction of sp³-hybridized carbons (Fsp3) is 0.250. The molecule has 1 atom stereocenters. The van der Waals surface area contributed by atoms with Crippen LogP contribution < -0.4 is 5.32 Å². The zero-order chi connectivity index (χ0) is 13.6. The Morgan fingerprint density at radius 1 is 1.05 bits per heavy atom. The SMILES string of the molecule is Cc1ccc(C)c2c1CC(c1cc(F)ccc1F)N2. The lowest BCUT2D eigenvalue weighted by atomic mass is 9.98. The van der Waals surface area contributed by atoms with E-state index in [-0.39, 0.29) is 11.9 Å². The van der Waals surface area contributed by atoms with Crippen LogP contribution in [0.25, 0.3) is 0 Å². The Labute approximate surface area is 111 Å². The third-order valence-corrected chi connectivity index (χ3v) is 3.82. The first-order valence-electron chi connectivity index (χ1n) is 6.37. The fourth-order valence-electron chi connectivity index (χ4n) is 2.73. The van der Waals surface area contributed by atoms with Crippen molar-refractivity contribution in [2.45, 2.75) is 26.3 Å². The van der Waals surface area contributed by atoms with Crippen molar-refractivity contribution in [3.8, 4) is 0 Å². The second-order valence-electron chi connectivity index (χ2n) is 5.12. The molecule has 98 valence electrons. The number of halogens is 2. The van der Waals surface area contributed by atoms with Crippen LogP contribution in [-0.4, -0.2) is 0 Å². The number of aryl methyl sites for hydroxylation is 2. The molecule has 0 bridgehead atoms. The summed E-state index contributed by atoms with van der Waals surface area (Å²) in [4.78, 5) is 0. The zero-order valence-corrected chi connectivity index (χ0v) is 10.9. The largest absolute Gasteiger partial charge is 0.377 e. The van der Waals surface area contributed by atoms with Crippen molar-refractivity contribution in [1.29, 1.82) is 0 Å². The van der Waals surface area contributed by atoms with Crippen LogP contribution in [0, 0.1) is 25.5 Å². The summed E-state index contributed by atoms with van der Waals surface area (Å²) in [6.07, 6.45) is 0.698. The zero-order valence-electron chi connectivity index (χ0n) is 10.9. The molecule has 1 heterocycles. The van der Waals surface area contributed by atoms with Gasteiger partial charge in [0, 0.05) is 11.3 Å². The van der Waals surface area contributed by atoms with E-state index in [1.165, 1.54) is 23.3 Å². The van der Waals surface area contributed by atoms with Gasteiger partial charge in [0.15, 0.2) is 0 Å². The van der Waals surface area contributed by atoms with Gasteiger partial charge in [0.2, 0.25) is 0 Å². The van der Waals surface area contributed by atoms with Gasteiger partial charge in [-0.1, -0.05) is 12.1 Å². The van der Waals surface area contributed by atoms with Crippen molar-refractivity contribution in [1.82, 2.24) is 0 Å². The number of fused-ring (bicyclic) bond motifs is 1. The third-order valence-electron chi connectivity index (χ3n) is 3.82. The van der Waals surface area contributed by atoms with Crippen molar-refractivity contribution in [3.05, 3.63) is 64.2 Å². The van der Waals surface area contributed by atoms with E-state index in [4.69, 9.17) is 0 Å². The Hall–Kier alpha value is -1.90. The maximum atomic E-state index is 13.8. The molecular weight excluding hydrogens is 244 g/mol. The van der Waals surface area contributed by atoms with Crippen LogP contribution in [0.4, 0.5) is 14.5 Å². The van der Waals surface area contributed by atoms with E-state index in [2.05, 4.69) is 11.4 Å². The van der Waals surface area contributed by atoms with Crippen LogP contribution in [0.2, 0.25) is 0 Å². The first kappa shape index (κ1) is 12.2. The topological polar surface area (TPSA) is 12.0 Å². The van der Waals surface area contributed by atoms with Crippen molar-refractivity contribution < 1.29 is 8.78 Å². The predicted octanol–water partition coefficient (Wildman–Crippen LogP) is 4.29. The molecule has 0 fully saturated rings. The number of hydrogen-bond donors (Lipinski definition) is 1. The number of hydrogen-bond acceptors (Lipinski definition) is 1. The molecule has 3 rings (SSSR count). The Balaban J connectivity index is 2.02. The highest BCUT2D eigenvalue weighted by atomic mass is 19.1. The van der Waals surface area contributed by atoms with Crippen LogP contribution in [0.3, 0.4) is 0 Å². The molecule has 1 unspecified atom stereocenters. The van der Waals surface area contributed by atoms with Crippen LogP contribution >= 0.6 is 0 Å². The first-order chi connectivity index (χ1) is 9.06. The maximum absolute atomic E-state index is 13.8. The van der Waals surface area contributed by atoms with Gasteiger partial charge in [0.1, 0.15) is 11.6 Å². The Bertz CT molecular complexity index is 618. The summed E-state index contributed by atoms with van der Waals surface area (Å²) >= 11 is 0. The molecule has 0 saturated carbocycles. The summed E-state index contributed by atoms with van der Waals surface area (Å²) in [7, 11) is 0. The average molecular weight is 259 g/mol. The standard InChI is InChI=1S/C16H15F2N/c1-9-3-4-10(2)16-12(9)8-15(19-16)13-7-11(17)5-6-14(13)18/h3-7,15,19H,8H2,1-2H3. The van der Waals surface area contributed by atoms with Crippen LogP contribution in [0.15, 0.2) is 30.3 Å². The summed E-state index contributed by atoms with van der Waals surface area (Å²) < 4.78 is 27.1. The smallest absolute Gasteiger partial charge is 0.128 e. The summed E-state index contributed by atoms with van der Waals surface area (Å²) in [6.45, 7) is 4.07. The van der Waals surface area contributed by atoms with Gasteiger partial charge in [-0.25, -0.2) is 8.78 Å². The highest BCUT2D eigenvalue weighted by molar-refractivity contribution is 5.65. The van der Waals surface area contributed by atoms with Crippen LogP contribution in [0.5, 0.6) is 0 Å². The van der Waals surface area contributed by atoms with Crippen LogP contribution in [-0.2, 0) is 6.42 Å². The summed E-state index contributed by atoms with van der Waals surface area (Å²) in [5.74, 6) is -0.760. The molecule has 0 radical (unpaired) electrons. The van der Waals surface area contributed by atoms with Gasteiger partial charge in [-0.15, -0.1) is 0 Å². The van der Waals surface area contributed by atoms with E-state index in [0.29, 0.717) is 12.0 Å². The summed E-state index contributed by atoms with van der Waals surface area (Å²) in [5, 5.41) is 3.32. The second-order valence-corrected chi connectivity index (χ2v) is 5.12. The lowest BCUT2D eigenvalue weighted by molar-refractivity contribution is 0.573. The van der Waals surface area contributed by atoms with E-state index < -0.39 is 5.82 Å². The van der Waals surface area contributed by atoms with Crippen molar-refractivity contribution in [2.75, 3.05) is 5.32 Å². The Kier molecular flexibility index (Phi) is 2.77. The summed E-state index contributed by atoms with van der Waals surface area (Å²) in [5.41, 5.74) is 4.99. The molecule has 3 heteroatoms. The summed E-state index contributed by atoms with van der Waals surface area (Å²) in [6, 6.07) is 7.55. The molecule has 1 aliphatic heterocycles.